The number of hydrogen-bond donors (Lipinski definition) is 3. The van der Waals surface area contributed by atoms with Crippen LogP contribution in [-0.4, -0.2) is 43.2 Å². The Morgan fingerprint density at radius 2 is 1.83 bits per heavy atom. The molecule has 0 fully saturated rings. The maximum atomic E-state index is 13.2. The van der Waals surface area contributed by atoms with Gasteiger partial charge in [0.15, 0.2) is 5.76 Å². The first-order chi connectivity index (χ1) is 19.6. The minimum Gasteiger partial charge on any atom is -0.451 e. The number of aromatic nitrogens is 4. The van der Waals surface area contributed by atoms with Gasteiger partial charge in [-0.3, -0.25) is 9.36 Å². The zero-order chi connectivity index (χ0) is 29.1. The molecule has 0 aliphatic carbocycles. The van der Waals surface area contributed by atoms with E-state index in [1.807, 2.05) is 0 Å². The Bertz CT molecular complexity index is 1680. The van der Waals surface area contributed by atoms with E-state index in [2.05, 4.69) is 25.6 Å². The summed E-state index contributed by atoms with van der Waals surface area (Å²) in [4.78, 5) is 25.8. The van der Waals surface area contributed by atoms with Gasteiger partial charge in [0.05, 0.1) is 11.7 Å². The van der Waals surface area contributed by atoms with Gasteiger partial charge >= 0.3 is 6.18 Å². The van der Waals surface area contributed by atoms with E-state index >= 15 is 0 Å². The van der Waals surface area contributed by atoms with Crippen molar-refractivity contribution in [2.75, 3.05) is 17.2 Å². The molecule has 0 saturated heterocycles. The molecule has 3 N–H and O–H groups in total. The van der Waals surface area contributed by atoms with Crippen LogP contribution in [0.15, 0.2) is 83.7 Å². The summed E-state index contributed by atoms with van der Waals surface area (Å²) in [6.07, 6.45) is -0.171. The number of alkyl halides is 3. The second kappa shape index (κ2) is 11.4. The van der Waals surface area contributed by atoms with Gasteiger partial charge in [0.1, 0.15) is 17.4 Å². The maximum absolute atomic E-state index is 13.2. The molecular weight excluding hydrogens is 561 g/mol. The third kappa shape index (κ3) is 6.56. The number of carbonyl (C=O) groups excluding carboxylic acids is 1. The Labute approximate surface area is 236 Å². The first-order valence-corrected chi connectivity index (χ1v) is 12.6. The number of benzene rings is 2. The van der Waals surface area contributed by atoms with Crippen molar-refractivity contribution in [3.05, 3.63) is 95.6 Å². The van der Waals surface area contributed by atoms with Crippen molar-refractivity contribution >= 4 is 29.1 Å². The van der Waals surface area contributed by atoms with Gasteiger partial charge in [0, 0.05) is 47.0 Å². The summed E-state index contributed by atoms with van der Waals surface area (Å²) < 4.78 is 46.8. The van der Waals surface area contributed by atoms with Crippen LogP contribution in [0.4, 0.5) is 24.8 Å². The summed E-state index contributed by atoms with van der Waals surface area (Å²) in [5.74, 6) is 0.920. The highest BCUT2D eigenvalue weighted by atomic mass is 35.5. The van der Waals surface area contributed by atoms with Gasteiger partial charge in [-0.1, -0.05) is 11.6 Å². The van der Waals surface area contributed by atoms with Gasteiger partial charge in [-0.15, -0.1) is 0 Å². The number of hydrogen-bond acceptors (Lipinski definition) is 7. The molecule has 0 spiro atoms. The van der Waals surface area contributed by atoms with E-state index in [0.29, 0.717) is 29.8 Å². The number of nitrogens with zero attached hydrogens (tertiary/aromatic N) is 4. The normalized spacial score (nSPS) is 12.2. The van der Waals surface area contributed by atoms with Gasteiger partial charge in [0.25, 0.3) is 5.91 Å². The highest BCUT2D eigenvalue weighted by Gasteiger charge is 2.31. The molecule has 5 rings (SSSR count). The van der Waals surface area contributed by atoms with Crippen LogP contribution in [0.2, 0.25) is 5.02 Å². The standard InChI is InChI=1S/C28H22ClF3N6O3/c1-16(39)15-35-27-34-9-8-24(37-27)38-11-10-33-25(38)17-2-4-21(5-3-17)36-26(40)23-7-6-22(41-23)18-12-19(28(30,31)32)14-20(29)13-18/h2-14,16,39H,15H2,1H3,(H,36,40)(H,34,35,37). The van der Waals surface area contributed by atoms with Gasteiger partial charge in [-0.2, -0.15) is 18.2 Å². The van der Waals surface area contributed by atoms with E-state index < -0.39 is 23.8 Å². The van der Waals surface area contributed by atoms with Crippen LogP contribution in [0.5, 0.6) is 0 Å². The highest BCUT2D eigenvalue weighted by molar-refractivity contribution is 6.31. The molecule has 1 amide bonds. The second-order valence-electron chi connectivity index (χ2n) is 9.01. The van der Waals surface area contributed by atoms with Gasteiger partial charge < -0.3 is 20.2 Å². The first-order valence-electron chi connectivity index (χ1n) is 12.3. The number of amides is 1. The molecule has 2 aromatic carbocycles. The predicted octanol–water partition coefficient (Wildman–Crippen LogP) is 6.31. The van der Waals surface area contributed by atoms with Crippen molar-refractivity contribution < 1.29 is 27.5 Å². The number of aliphatic hydroxyl groups is 1. The molecule has 0 aliphatic rings. The lowest BCUT2D eigenvalue weighted by Crippen LogP contribution is -2.17. The van der Waals surface area contributed by atoms with Crippen molar-refractivity contribution in [2.45, 2.75) is 19.2 Å². The minimum atomic E-state index is -4.58. The zero-order valence-corrected chi connectivity index (χ0v) is 22.1. The van der Waals surface area contributed by atoms with Crippen LogP contribution < -0.4 is 10.6 Å². The summed E-state index contributed by atoms with van der Waals surface area (Å²) in [7, 11) is 0. The van der Waals surface area contributed by atoms with Crippen molar-refractivity contribution in [3.8, 4) is 28.5 Å². The molecule has 13 heteroatoms. The summed E-state index contributed by atoms with van der Waals surface area (Å²) in [6.45, 7) is 1.95. The van der Waals surface area contributed by atoms with Crippen LogP contribution in [0.25, 0.3) is 28.5 Å². The number of anilines is 2. The van der Waals surface area contributed by atoms with E-state index in [-0.39, 0.29) is 22.1 Å². The molecular formula is C28H22ClF3N6O3. The van der Waals surface area contributed by atoms with Crippen molar-refractivity contribution in [1.29, 1.82) is 0 Å². The number of carbonyl (C=O) groups is 1. The van der Waals surface area contributed by atoms with Crippen LogP contribution in [0.1, 0.15) is 23.0 Å². The van der Waals surface area contributed by atoms with Crippen LogP contribution >= 0.6 is 11.6 Å². The maximum Gasteiger partial charge on any atom is 0.416 e. The lowest BCUT2D eigenvalue weighted by molar-refractivity contribution is -0.137. The predicted molar refractivity (Wildman–Crippen MR) is 147 cm³/mol. The third-order valence-electron chi connectivity index (χ3n) is 5.82. The average Bonchev–Trinajstić information content (AvgIpc) is 3.63. The van der Waals surface area contributed by atoms with Crippen LogP contribution in [0, 0.1) is 0 Å². The Balaban J connectivity index is 1.30. The number of nitrogens with one attached hydrogen (secondary N) is 2. The minimum absolute atomic E-state index is 0.0688. The SMILES string of the molecule is CC(O)CNc1nccc(-n2ccnc2-c2ccc(NC(=O)c3ccc(-c4cc(Cl)cc(C(F)(F)F)c4)o3)cc2)n1. The van der Waals surface area contributed by atoms with Crippen molar-refractivity contribution in [1.82, 2.24) is 19.5 Å². The van der Waals surface area contributed by atoms with E-state index in [0.717, 1.165) is 17.7 Å². The Morgan fingerprint density at radius 1 is 1.05 bits per heavy atom. The lowest BCUT2D eigenvalue weighted by atomic mass is 10.1. The van der Waals surface area contributed by atoms with Crippen molar-refractivity contribution in [2.24, 2.45) is 0 Å². The molecule has 1 unspecified atom stereocenters. The molecule has 1 atom stereocenters. The summed E-state index contributed by atoms with van der Waals surface area (Å²) in [6, 6.07) is 14.4. The van der Waals surface area contributed by atoms with E-state index in [1.54, 1.807) is 60.4 Å². The fourth-order valence-corrected chi connectivity index (χ4v) is 4.15. The number of imidazole rings is 1. The third-order valence-corrected chi connectivity index (χ3v) is 6.04. The summed E-state index contributed by atoms with van der Waals surface area (Å²) in [5.41, 5.74) is 0.380. The van der Waals surface area contributed by atoms with Gasteiger partial charge in [-0.25, -0.2) is 9.97 Å². The van der Waals surface area contributed by atoms with Gasteiger partial charge in [0.2, 0.25) is 5.95 Å². The number of furan rings is 1. The van der Waals surface area contributed by atoms with Crippen molar-refractivity contribution in [3.63, 3.8) is 0 Å². The molecule has 0 bridgehead atoms. The molecule has 0 aliphatic heterocycles. The number of halogens is 4. The Kier molecular flexibility index (Phi) is 7.77. The molecule has 0 radical (unpaired) electrons. The highest BCUT2D eigenvalue weighted by Crippen LogP contribution is 2.35. The second-order valence-corrected chi connectivity index (χ2v) is 9.45. The Morgan fingerprint density at radius 3 is 2.56 bits per heavy atom. The quantitative estimate of drug-likeness (QED) is 0.196. The largest absolute Gasteiger partial charge is 0.451 e. The fraction of sp³-hybridized carbons (Fsp3) is 0.143. The molecule has 5 aromatic rings. The topological polar surface area (TPSA) is 118 Å². The van der Waals surface area contributed by atoms with E-state index in [1.165, 1.54) is 18.2 Å². The molecule has 210 valence electrons. The number of aliphatic hydroxyl groups excluding tert-OH is 1. The monoisotopic (exact) mass is 582 g/mol. The van der Waals surface area contributed by atoms with Gasteiger partial charge in [-0.05, 0) is 67.6 Å². The van der Waals surface area contributed by atoms with E-state index in [4.69, 9.17) is 16.0 Å². The fourth-order valence-electron chi connectivity index (χ4n) is 3.92. The lowest BCUT2D eigenvalue weighted by Gasteiger charge is -2.11. The molecule has 0 saturated carbocycles. The summed E-state index contributed by atoms with van der Waals surface area (Å²) in [5, 5.41) is 15.0. The molecule has 41 heavy (non-hydrogen) atoms. The average molecular weight is 583 g/mol. The molecule has 3 heterocycles. The van der Waals surface area contributed by atoms with E-state index in [9.17, 15) is 23.1 Å². The molecule has 9 nitrogen and oxygen atoms in total. The Hall–Kier alpha value is -4.68. The zero-order valence-electron chi connectivity index (χ0n) is 21.4. The number of rotatable bonds is 8. The first kappa shape index (κ1) is 27.9. The molecule has 3 aromatic heterocycles. The van der Waals surface area contributed by atoms with Crippen LogP contribution in [-0.2, 0) is 6.18 Å². The summed E-state index contributed by atoms with van der Waals surface area (Å²) >= 11 is 5.86. The smallest absolute Gasteiger partial charge is 0.416 e. The van der Waals surface area contributed by atoms with Crippen LogP contribution in [0.3, 0.4) is 0 Å².